The minimum atomic E-state index is -3.93. The molecule has 1 amide bonds. The van der Waals surface area contributed by atoms with Gasteiger partial charge in [-0.2, -0.15) is 0 Å². The number of hydrogen-bond acceptors (Lipinski definition) is 5. The molecule has 1 aliphatic rings. The van der Waals surface area contributed by atoms with E-state index in [1.165, 1.54) is 6.07 Å². The molecular weight excluding hydrogens is 427 g/mol. The van der Waals surface area contributed by atoms with Gasteiger partial charge in [-0.1, -0.05) is 49.9 Å². The summed E-state index contributed by atoms with van der Waals surface area (Å²) in [4.78, 5) is 23.9. The lowest BCUT2D eigenvalue weighted by Crippen LogP contribution is -2.36. The van der Waals surface area contributed by atoms with Crippen molar-refractivity contribution in [3.05, 3.63) is 27.7 Å². The zero-order valence-electron chi connectivity index (χ0n) is 15.8. The van der Waals surface area contributed by atoms with Gasteiger partial charge in [-0.15, -0.1) is 0 Å². The van der Waals surface area contributed by atoms with Gasteiger partial charge in [0.05, 0.1) is 15.6 Å². The molecule has 0 heterocycles. The number of sulfonamides is 1. The van der Waals surface area contributed by atoms with E-state index in [2.05, 4.69) is 10.0 Å². The molecule has 0 spiro atoms. The number of amides is 1. The van der Waals surface area contributed by atoms with Crippen LogP contribution < -0.4 is 10.0 Å². The molecule has 0 bridgehead atoms. The van der Waals surface area contributed by atoms with Crippen LogP contribution in [0.4, 0.5) is 0 Å². The molecule has 0 aliphatic heterocycles. The van der Waals surface area contributed by atoms with Gasteiger partial charge in [0.15, 0.2) is 6.61 Å². The summed E-state index contributed by atoms with van der Waals surface area (Å²) in [5.41, 5.74) is -0.176. The standard InChI is InChI=1S/C18H24Cl2N2O5S/c1-11(2)9-21-28(25,26)16-7-13(14(19)8-15(16)20)18(24)27-10-17(23)22-12-5-3-4-6-12/h7-8,11-12,21H,3-6,9-10H2,1-2H3,(H,22,23). The zero-order valence-corrected chi connectivity index (χ0v) is 18.1. The second-order valence-electron chi connectivity index (χ2n) is 7.13. The average molecular weight is 451 g/mol. The maximum absolute atomic E-state index is 12.4. The zero-order chi connectivity index (χ0) is 20.9. The van der Waals surface area contributed by atoms with Gasteiger partial charge in [0.1, 0.15) is 4.90 Å². The summed E-state index contributed by atoms with van der Waals surface area (Å²) in [6.45, 7) is 3.45. The van der Waals surface area contributed by atoms with Crippen LogP contribution in [0.15, 0.2) is 17.0 Å². The minimum Gasteiger partial charge on any atom is -0.452 e. The molecule has 0 unspecified atom stereocenters. The molecular formula is C18H24Cl2N2O5S. The Kier molecular flexibility index (Phi) is 8.12. The molecule has 10 heteroatoms. The van der Waals surface area contributed by atoms with E-state index in [1.54, 1.807) is 0 Å². The van der Waals surface area contributed by atoms with Crippen molar-refractivity contribution >= 4 is 45.1 Å². The van der Waals surface area contributed by atoms with E-state index in [9.17, 15) is 18.0 Å². The van der Waals surface area contributed by atoms with Crippen molar-refractivity contribution < 1.29 is 22.7 Å². The minimum absolute atomic E-state index is 0.0611. The average Bonchev–Trinajstić information content (AvgIpc) is 3.10. The highest BCUT2D eigenvalue weighted by Crippen LogP contribution is 2.29. The maximum atomic E-state index is 12.4. The highest BCUT2D eigenvalue weighted by atomic mass is 35.5. The van der Waals surface area contributed by atoms with Gasteiger partial charge in [0, 0.05) is 12.6 Å². The van der Waals surface area contributed by atoms with Crippen LogP contribution in [0.2, 0.25) is 10.0 Å². The third-order valence-corrected chi connectivity index (χ3v) is 6.47. The van der Waals surface area contributed by atoms with Gasteiger partial charge in [0.2, 0.25) is 10.0 Å². The van der Waals surface area contributed by atoms with Crippen molar-refractivity contribution in [2.24, 2.45) is 5.92 Å². The fourth-order valence-electron chi connectivity index (χ4n) is 2.79. The lowest BCUT2D eigenvalue weighted by atomic mass is 10.2. The van der Waals surface area contributed by atoms with Crippen molar-refractivity contribution in [1.29, 1.82) is 0 Å². The predicted octanol–water partition coefficient (Wildman–Crippen LogP) is 3.14. The highest BCUT2D eigenvalue weighted by Gasteiger charge is 2.24. The smallest absolute Gasteiger partial charge is 0.340 e. The van der Waals surface area contributed by atoms with Gasteiger partial charge in [-0.25, -0.2) is 17.9 Å². The quantitative estimate of drug-likeness (QED) is 0.592. The molecule has 2 N–H and O–H groups in total. The molecule has 2 rings (SSSR count). The van der Waals surface area contributed by atoms with Crippen LogP contribution in [0, 0.1) is 5.92 Å². The summed E-state index contributed by atoms with van der Waals surface area (Å²) < 4.78 is 32.3. The Morgan fingerprint density at radius 3 is 2.43 bits per heavy atom. The molecule has 1 fully saturated rings. The fraction of sp³-hybridized carbons (Fsp3) is 0.556. The van der Waals surface area contributed by atoms with Crippen LogP contribution in [-0.4, -0.2) is 39.5 Å². The summed E-state index contributed by atoms with van der Waals surface area (Å²) in [5, 5.41) is 2.62. The van der Waals surface area contributed by atoms with Crippen molar-refractivity contribution in [2.75, 3.05) is 13.2 Å². The second kappa shape index (κ2) is 9.91. The molecule has 1 saturated carbocycles. The molecule has 1 aromatic carbocycles. The fourth-order valence-corrected chi connectivity index (χ4v) is 4.86. The number of rotatable bonds is 8. The van der Waals surface area contributed by atoms with E-state index in [0.29, 0.717) is 0 Å². The first-order valence-corrected chi connectivity index (χ1v) is 11.3. The highest BCUT2D eigenvalue weighted by molar-refractivity contribution is 7.89. The van der Waals surface area contributed by atoms with Gasteiger partial charge >= 0.3 is 5.97 Å². The maximum Gasteiger partial charge on any atom is 0.340 e. The van der Waals surface area contributed by atoms with Crippen LogP contribution in [0.25, 0.3) is 0 Å². The van der Waals surface area contributed by atoms with Crippen LogP contribution in [0.5, 0.6) is 0 Å². The van der Waals surface area contributed by atoms with E-state index in [1.807, 2.05) is 13.8 Å². The summed E-state index contributed by atoms with van der Waals surface area (Å²) in [7, 11) is -3.93. The van der Waals surface area contributed by atoms with Crippen LogP contribution >= 0.6 is 23.2 Å². The monoisotopic (exact) mass is 450 g/mol. The number of ether oxygens (including phenoxy) is 1. The molecule has 0 aromatic heterocycles. The van der Waals surface area contributed by atoms with Crippen molar-refractivity contribution in [3.8, 4) is 0 Å². The Morgan fingerprint density at radius 1 is 1.18 bits per heavy atom. The van der Waals surface area contributed by atoms with E-state index in [-0.39, 0.29) is 39.0 Å². The van der Waals surface area contributed by atoms with Crippen molar-refractivity contribution in [2.45, 2.75) is 50.5 Å². The molecule has 28 heavy (non-hydrogen) atoms. The molecule has 1 aromatic rings. The molecule has 0 radical (unpaired) electrons. The SMILES string of the molecule is CC(C)CNS(=O)(=O)c1cc(C(=O)OCC(=O)NC2CCCC2)c(Cl)cc1Cl. The van der Waals surface area contributed by atoms with Crippen molar-refractivity contribution in [3.63, 3.8) is 0 Å². The van der Waals surface area contributed by atoms with Crippen molar-refractivity contribution in [1.82, 2.24) is 10.0 Å². The first-order valence-electron chi connectivity index (χ1n) is 9.05. The van der Waals surface area contributed by atoms with Gasteiger partial charge in [-0.05, 0) is 30.9 Å². The number of carbonyl (C=O) groups excluding carboxylic acids is 2. The molecule has 0 saturated heterocycles. The summed E-state index contributed by atoms with van der Waals surface area (Å²) in [6.07, 6.45) is 3.95. The Hall–Kier alpha value is -1.35. The third kappa shape index (κ3) is 6.34. The van der Waals surface area contributed by atoms with Crippen LogP contribution in [0.3, 0.4) is 0 Å². The van der Waals surface area contributed by atoms with E-state index < -0.39 is 28.5 Å². The molecule has 156 valence electrons. The summed E-state index contributed by atoms with van der Waals surface area (Å²) in [5.74, 6) is -1.22. The number of nitrogens with one attached hydrogen (secondary N) is 2. The lowest BCUT2D eigenvalue weighted by Gasteiger charge is -2.14. The number of benzene rings is 1. The Bertz CT molecular complexity index is 837. The summed E-state index contributed by atoms with van der Waals surface area (Å²) >= 11 is 12.0. The largest absolute Gasteiger partial charge is 0.452 e. The molecule has 0 atom stereocenters. The normalized spacial score (nSPS) is 15.0. The first-order chi connectivity index (χ1) is 13.1. The van der Waals surface area contributed by atoms with E-state index in [0.717, 1.165) is 31.7 Å². The first kappa shape index (κ1) is 22.9. The number of esters is 1. The van der Waals surface area contributed by atoms with Gasteiger partial charge < -0.3 is 10.1 Å². The van der Waals surface area contributed by atoms with E-state index in [4.69, 9.17) is 27.9 Å². The number of hydrogen-bond donors (Lipinski definition) is 2. The molecule has 1 aliphatic carbocycles. The number of carbonyl (C=O) groups is 2. The summed E-state index contributed by atoms with van der Waals surface area (Å²) in [6, 6.07) is 2.33. The van der Waals surface area contributed by atoms with Gasteiger partial charge in [-0.3, -0.25) is 4.79 Å². The van der Waals surface area contributed by atoms with Crippen LogP contribution in [-0.2, 0) is 19.6 Å². The third-order valence-electron chi connectivity index (χ3n) is 4.27. The van der Waals surface area contributed by atoms with E-state index >= 15 is 0 Å². The molecule has 7 nitrogen and oxygen atoms in total. The second-order valence-corrected chi connectivity index (χ2v) is 9.68. The Morgan fingerprint density at radius 2 is 1.82 bits per heavy atom. The predicted molar refractivity (Wildman–Crippen MR) is 107 cm³/mol. The Labute approximate surface area is 175 Å². The van der Waals surface area contributed by atoms with Gasteiger partial charge in [0.25, 0.3) is 5.91 Å². The lowest BCUT2D eigenvalue weighted by molar-refractivity contribution is -0.124. The topological polar surface area (TPSA) is 102 Å². The number of halogens is 2. The van der Waals surface area contributed by atoms with Crippen LogP contribution in [0.1, 0.15) is 49.9 Å². The Balaban J connectivity index is 2.09.